The minimum Gasteiger partial charge on any atom is 1.00 e. The molecule has 34 heteroatoms. The zero-order chi connectivity index (χ0) is 64.7. The molecule has 0 unspecified atom stereocenters. The monoisotopic (exact) mass is 1570 g/mol. The summed E-state index contributed by atoms with van der Waals surface area (Å²) in [6.45, 7) is 35.4. The number of aromatic nitrogens is 4. The van der Waals surface area contributed by atoms with Gasteiger partial charge in [-0.3, -0.25) is 19.9 Å². The molecule has 5 saturated heterocycles. The molecular weight excluding hydrogens is 1480 g/mol. The summed E-state index contributed by atoms with van der Waals surface area (Å²) in [6.07, 6.45) is 18.1. The van der Waals surface area contributed by atoms with Gasteiger partial charge in [-0.05, 0) is 48.5 Å². The van der Waals surface area contributed by atoms with E-state index in [9.17, 15) is 50.4 Å². The van der Waals surface area contributed by atoms with Crippen LogP contribution in [0.1, 0.15) is 12.8 Å². The first-order valence-corrected chi connectivity index (χ1v) is 45.1. The van der Waals surface area contributed by atoms with E-state index in [1.54, 1.807) is 0 Å². The van der Waals surface area contributed by atoms with Gasteiger partial charge < -0.3 is 47.4 Å². The van der Waals surface area contributed by atoms with Gasteiger partial charge in [-0.25, -0.2) is 0 Å². The van der Waals surface area contributed by atoms with Crippen molar-refractivity contribution in [1.29, 1.82) is 0 Å². The van der Waals surface area contributed by atoms with Crippen molar-refractivity contribution in [2.75, 3.05) is 132 Å². The van der Waals surface area contributed by atoms with Gasteiger partial charge >= 0.3 is 111 Å². The standard InChI is InChI=1S/2C17H26N2Si2.5C4H8O2.2Ag.2F6P/c2*1-20(2,16-6-10-18-11-7-16)14-5-15-21(3,4)17-8-12-19-13-9-17;5*1-2-6-4-3-5-1;;;2*1-7(2,3,4,5)6/h2*6-13H,5,14-15H2,1-4H3;5*1-4H2;;;;/q;;;;;;;2*+1;2*-1. The van der Waals surface area contributed by atoms with E-state index in [-0.39, 0.29) is 44.8 Å². The van der Waals surface area contributed by atoms with Gasteiger partial charge in [0.1, 0.15) is 0 Å². The third kappa shape index (κ3) is 58.4. The van der Waals surface area contributed by atoms with E-state index >= 15 is 0 Å². The van der Waals surface area contributed by atoms with E-state index in [2.05, 4.69) is 121 Å². The second kappa shape index (κ2) is 42.1. The fraction of sp³-hybridized carbons (Fsp3) is 0.630. The van der Waals surface area contributed by atoms with Gasteiger partial charge in [-0.15, -0.1) is 0 Å². The van der Waals surface area contributed by atoms with Crippen molar-refractivity contribution in [3.05, 3.63) is 98.1 Å². The van der Waals surface area contributed by atoms with Crippen molar-refractivity contribution in [3.63, 3.8) is 0 Å². The summed E-state index contributed by atoms with van der Waals surface area (Å²) in [5, 5.41) is 6.11. The van der Waals surface area contributed by atoms with E-state index in [4.69, 9.17) is 47.4 Å². The summed E-state index contributed by atoms with van der Waals surface area (Å²) < 4.78 is 168. The smallest absolute Gasteiger partial charge is 1.00 e. The molecule has 0 radical (unpaired) electrons. The molecule has 88 heavy (non-hydrogen) atoms. The molecule has 5 aliphatic heterocycles. The average molecular weight is 1580 g/mol. The van der Waals surface area contributed by atoms with Gasteiger partial charge in [-0.2, -0.15) is 0 Å². The zero-order valence-corrected chi connectivity index (χ0v) is 60.3. The Morgan fingerprint density at radius 3 is 0.455 bits per heavy atom. The van der Waals surface area contributed by atoms with Crippen molar-refractivity contribution in [2.24, 2.45) is 0 Å². The van der Waals surface area contributed by atoms with Crippen LogP contribution in [-0.2, 0) is 92.1 Å². The molecule has 5 aliphatic rings. The molecule has 0 saturated carbocycles. The van der Waals surface area contributed by atoms with Crippen molar-refractivity contribution < 1.29 is 142 Å². The average Bonchev–Trinajstić information content (AvgIpc) is 1.28. The molecule has 4 aromatic rings. The Morgan fingerprint density at radius 2 is 0.364 bits per heavy atom. The van der Waals surface area contributed by atoms with Crippen molar-refractivity contribution >= 4 is 68.7 Å². The molecular formula is C54H92Ag2F12N4O10P2Si4. The summed E-state index contributed by atoms with van der Waals surface area (Å²) >= 11 is 0. The number of ether oxygens (including phenoxy) is 10. The second-order valence-electron chi connectivity index (χ2n) is 22.2. The van der Waals surface area contributed by atoms with Gasteiger partial charge in [0.2, 0.25) is 0 Å². The Kier molecular flexibility index (Phi) is 42.4. The fourth-order valence-corrected chi connectivity index (χ4v) is 18.2. The van der Waals surface area contributed by atoms with Crippen molar-refractivity contribution in [1.82, 2.24) is 19.9 Å². The maximum atomic E-state index is 9.87. The minimum atomic E-state index is -10.7. The predicted octanol–water partition coefficient (Wildman–Crippen LogP) is 13.7. The number of pyridine rings is 4. The van der Waals surface area contributed by atoms with Crippen molar-refractivity contribution in [3.8, 4) is 0 Å². The van der Waals surface area contributed by atoms with E-state index < -0.39 is 47.9 Å². The third-order valence-electron chi connectivity index (χ3n) is 12.8. The Balaban J connectivity index is 0. The number of hydrogen-bond donors (Lipinski definition) is 0. The van der Waals surface area contributed by atoms with Gasteiger partial charge in [0.05, 0.1) is 164 Å². The molecule has 0 N–H and O–H groups in total. The first kappa shape index (κ1) is 88.6. The number of hydrogen-bond acceptors (Lipinski definition) is 14. The zero-order valence-electron chi connectivity index (χ0n) is 51.5. The topological polar surface area (TPSA) is 144 Å². The quantitative estimate of drug-likeness (QED) is 0.0754. The fourth-order valence-electron chi connectivity index (χ4n) is 7.93. The molecule has 14 nitrogen and oxygen atoms in total. The van der Waals surface area contributed by atoms with Crippen LogP contribution >= 0.6 is 15.6 Å². The largest absolute Gasteiger partial charge is 1.00 e. The van der Waals surface area contributed by atoms with Crippen LogP contribution in [0.25, 0.3) is 0 Å². The van der Waals surface area contributed by atoms with E-state index in [0.29, 0.717) is 0 Å². The maximum absolute atomic E-state index is 10.7. The van der Waals surface area contributed by atoms with Crippen LogP contribution in [0.2, 0.25) is 76.6 Å². The van der Waals surface area contributed by atoms with E-state index in [1.165, 1.54) is 57.8 Å². The number of halogens is 12. The molecule has 4 aromatic heterocycles. The molecule has 0 bridgehead atoms. The maximum Gasteiger partial charge on any atom is 1.00 e. The summed E-state index contributed by atoms with van der Waals surface area (Å²) in [7, 11) is -26.6. The number of nitrogens with zero attached hydrogens (tertiary/aromatic N) is 4. The molecule has 0 aliphatic carbocycles. The Hall–Kier alpha value is -1.43. The van der Waals surface area contributed by atoms with Crippen LogP contribution < -0.4 is 20.7 Å². The Morgan fingerprint density at radius 1 is 0.261 bits per heavy atom. The van der Waals surface area contributed by atoms with Gasteiger partial charge in [0, 0.05) is 49.6 Å². The third-order valence-corrected chi connectivity index (χ3v) is 26.8. The summed E-state index contributed by atoms with van der Waals surface area (Å²) in [5.41, 5.74) is 0. The first-order chi connectivity index (χ1) is 39.7. The van der Waals surface area contributed by atoms with Crippen LogP contribution in [-0.4, -0.2) is 184 Å². The number of rotatable bonds is 12. The summed E-state index contributed by atoms with van der Waals surface area (Å²) in [5.74, 6) is 0. The predicted molar refractivity (Wildman–Crippen MR) is 329 cm³/mol. The molecule has 0 aromatic carbocycles. The van der Waals surface area contributed by atoms with Gasteiger partial charge in [-0.1, -0.05) is 110 Å². The van der Waals surface area contributed by atoms with E-state index in [0.717, 1.165) is 132 Å². The molecule has 9 rings (SSSR count). The first-order valence-electron chi connectivity index (χ1n) is 28.3. The van der Waals surface area contributed by atoms with E-state index in [1.807, 2.05) is 49.6 Å². The molecule has 9 heterocycles. The summed E-state index contributed by atoms with van der Waals surface area (Å²) in [4.78, 5) is 16.6. The molecule has 0 atom stereocenters. The second-order valence-corrected chi connectivity index (χ2v) is 45.4. The molecule has 0 spiro atoms. The van der Waals surface area contributed by atoms with Gasteiger partial charge in [0.25, 0.3) is 0 Å². The SMILES string of the molecule is C1COCCO1.C1COCCO1.C1COCCO1.C1COCCO1.C1COCCO1.C[Si](C)(CCC[Si](C)(C)c1ccncc1)c1ccncc1.C[Si](C)(CCC[Si](C)(C)c1ccncc1)c1ccncc1.F[P-](F)(F)(F)(F)F.F[P-](F)(F)(F)(F)F.[Ag+].[Ag+]. The van der Waals surface area contributed by atoms with Crippen LogP contribution in [0.3, 0.4) is 0 Å². The Labute approximate surface area is 547 Å². The van der Waals surface area contributed by atoms with Crippen LogP contribution in [0.5, 0.6) is 0 Å². The molecule has 5 fully saturated rings. The van der Waals surface area contributed by atoms with Crippen LogP contribution in [0.15, 0.2) is 98.1 Å². The van der Waals surface area contributed by atoms with Crippen LogP contribution in [0.4, 0.5) is 50.4 Å². The van der Waals surface area contributed by atoms with Crippen molar-refractivity contribution in [2.45, 2.75) is 89.4 Å². The minimum absolute atomic E-state index is 0. The van der Waals surface area contributed by atoms with Crippen LogP contribution in [0, 0.1) is 0 Å². The normalized spacial score (nSPS) is 17.8. The summed E-state index contributed by atoms with van der Waals surface area (Å²) in [6, 6.07) is 23.1. The Bertz CT molecular complexity index is 1960. The molecule has 0 amide bonds. The van der Waals surface area contributed by atoms with Gasteiger partial charge in [0.15, 0.2) is 0 Å². The molecule has 520 valence electrons.